The molecule has 0 aliphatic carbocycles. The fourth-order valence-corrected chi connectivity index (χ4v) is 4.92. The Morgan fingerprint density at radius 1 is 1.09 bits per heavy atom. The number of carbonyl (C=O) groups is 1. The van der Waals surface area contributed by atoms with Gasteiger partial charge >= 0.3 is 5.69 Å². The summed E-state index contributed by atoms with van der Waals surface area (Å²) in [5.74, 6) is -0.0614. The molecular weight excluding hydrogens is 462 g/mol. The van der Waals surface area contributed by atoms with E-state index in [0.717, 1.165) is 47.3 Å². The molecule has 0 unspecified atom stereocenters. The molecule has 0 saturated carbocycles. The van der Waals surface area contributed by atoms with Crippen LogP contribution in [0.3, 0.4) is 0 Å². The van der Waals surface area contributed by atoms with Crippen LogP contribution in [0, 0.1) is 5.41 Å². The summed E-state index contributed by atoms with van der Waals surface area (Å²) in [5, 5.41) is 0. The fourth-order valence-electron chi connectivity index (χ4n) is 4.51. The SMILES string of the molecule is Cn1c(=O)n(CC(C)(C)C)c2ccc(-c3cccc(N4CCN(C(=O)c5cnsn5)CC4)c3)nc21. The van der Waals surface area contributed by atoms with E-state index in [0.29, 0.717) is 31.0 Å². The fraction of sp³-hybridized carbons (Fsp3) is 0.400. The minimum atomic E-state index is -0.0614. The molecule has 5 rings (SSSR count). The van der Waals surface area contributed by atoms with Gasteiger partial charge in [0.15, 0.2) is 11.3 Å². The molecule has 0 spiro atoms. The van der Waals surface area contributed by atoms with Crippen molar-refractivity contribution in [3.8, 4) is 11.3 Å². The maximum atomic E-state index is 12.9. The zero-order valence-corrected chi connectivity index (χ0v) is 21.2. The summed E-state index contributed by atoms with van der Waals surface area (Å²) in [6, 6.07) is 12.3. The molecule has 4 heterocycles. The largest absolute Gasteiger partial charge is 0.368 e. The molecule has 35 heavy (non-hydrogen) atoms. The average Bonchev–Trinajstić information content (AvgIpc) is 3.47. The number of anilines is 1. The Balaban J connectivity index is 1.37. The molecule has 0 bridgehead atoms. The van der Waals surface area contributed by atoms with Crippen LogP contribution in [0.4, 0.5) is 5.69 Å². The Morgan fingerprint density at radius 2 is 1.86 bits per heavy atom. The van der Waals surface area contributed by atoms with Crippen molar-refractivity contribution < 1.29 is 4.79 Å². The third-order valence-corrected chi connectivity index (χ3v) is 6.75. The molecule has 1 saturated heterocycles. The van der Waals surface area contributed by atoms with Crippen LogP contribution >= 0.6 is 11.7 Å². The summed E-state index contributed by atoms with van der Waals surface area (Å²) >= 11 is 1.05. The summed E-state index contributed by atoms with van der Waals surface area (Å²) in [6.45, 7) is 9.74. The van der Waals surface area contributed by atoms with Gasteiger partial charge in [-0.05, 0) is 29.7 Å². The predicted octanol–water partition coefficient (Wildman–Crippen LogP) is 3.26. The first-order chi connectivity index (χ1) is 16.7. The molecule has 1 amide bonds. The number of nitrogens with zero attached hydrogens (tertiary/aromatic N) is 7. The zero-order chi connectivity index (χ0) is 24.7. The number of fused-ring (bicyclic) bond motifs is 1. The van der Waals surface area contributed by atoms with Crippen molar-refractivity contribution >= 4 is 34.5 Å². The highest BCUT2D eigenvalue weighted by molar-refractivity contribution is 6.99. The maximum Gasteiger partial charge on any atom is 0.330 e. The molecule has 1 aliphatic rings. The first kappa shape index (κ1) is 23.2. The molecule has 0 radical (unpaired) electrons. The summed E-state index contributed by atoms with van der Waals surface area (Å²) in [7, 11) is 1.78. The monoisotopic (exact) mass is 491 g/mol. The molecule has 9 nitrogen and oxygen atoms in total. The average molecular weight is 492 g/mol. The summed E-state index contributed by atoms with van der Waals surface area (Å²) in [5.41, 5.74) is 4.80. The van der Waals surface area contributed by atoms with Crippen molar-refractivity contribution in [3.63, 3.8) is 0 Å². The Hall–Kier alpha value is -3.53. The Labute approximate surface area is 208 Å². The quantitative estimate of drug-likeness (QED) is 0.435. The Morgan fingerprint density at radius 3 is 2.54 bits per heavy atom. The van der Waals surface area contributed by atoms with E-state index in [2.05, 4.69) is 46.6 Å². The number of pyridine rings is 1. The Kier molecular flexibility index (Phi) is 5.92. The van der Waals surface area contributed by atoms with Crippen molar-refractivity contribution in [2.75, 3.05) is 31.1 Å². The lowest BCUT2D eigenvalue weighted by Crippen LogP contribution is -2.48. The third kappa shape index (κ3) is 4.58. The van der Waals surface area contributed by atoms with E-state index in [4.69, 9.17) is 4.98 Å². The molecule has 10 heteroatoms. The third-order valence-electron chi connectivity index (χ3n) is 6.27. The smallest absolute Gasteiger partial charge is 0.330 e. The molecule has 3 aromatic heterocycles. The van der Waals surface area contributed by atoms with Gasteiger partial charge in [0, 0.05) is 51.0 Å². The lowest BCUT2D eigenvalue weighted by molar-refractivity contribution is 0.0742. The number of amides is 1. The molecule has 0 atom stereocenters. The van der Waals surface area contributed by atoms with Gasteiger partial charge in [-0.25, -0.2) is 9.78 Å². The van der Waals surface area contributed by atoms with E-state index in [-0.39, 0.29) is 17.0 Å². The van der Waals surface area contributed by atoms with Crippen molar-refractivity contribution in [1.29, 1.82) is 0 Å². The van der Waals surface area contributed by atoms with Crippen LogP contribution < -0.4 is 10.6 Å². The van der Waals surface area contributed by atoms with Crippen LogP contribution in [0.2, 0.25) is 0 Å². The minimum absolute atomic E-state index is 0.0170. The van der Waals surface area contributed by atoms with Crippen LogP contribution in [0.25, 0.3) is 22.4 Å². The second kappa shape index (κ2) is 8.92. The molecule has 182 valence electrons. The number of hydrogen-bond donors (Lipinski definition) is 0. The number of benzene rings is 1. The second-order valence-electron chi connectivity index (χ2n) is 10.1. The van der Waals surface area contributed by atoms with Crippen LogP contribution in [-0.4, -0.2) is 59.9 Å². The van der Waals surface area contributed by atoms with Crippen molar-refractivity contribution in [2.45, 2.75) is 27.3 Å². The summed E-state index contributed by atoms with van der Waals surface area (Å²) in [4.78, 5) is 34.4. The lowest BCUT2D eigenvalue weighted by atomic mass is 9.97. The highest BCUT2D eigenvalue weighted by atomic mass is 32.1. The van der Waals surface area contributed by atoms with Crippen LogP contribution in [0.1, 0.15) is 31.3 Å². The number of piperazine rings is 1. The zero-order valence-electron chi connectivity index (χ0n) is 20.4. The lowest BCUT2D eigenvalue weighted by Gasteiger charge is -2.36. The van der Waals surface area contributed by atoms with Gasteiger partial charge in [0.1, 0.15) is 0 Å². The van der Waals surface area contributed by atoms with E-state index in [1.54, 1.807) is 11.6 Å². The van der Waals surface area contributed by atoms with Gasteiger partial charge in [-0.1, -0.05) is 32.9 Å². The molecular formula is C25H29N7O2S. The van der Waals surface area contributed by atoms with Crippen molar-refractivity contribution in [2.24, 2.45) is 12.5 Å². The molecule has 1 aliphatic heterocycles. The summed E-state index contributed by atoms with van der Waals surface area (Å²) < 4.78 is 11.4. The van der Waals surface area contributed by atoms with E-state index in [9.17, 15) is 9.59 Å². The van der Waals surface area contributed by atoms with Gasteiger partial charge in [-0.2, -0.15) is 8.75 Å². The number of aromatic nitrogens is 5. The van der Waals surface area contributed by atoms with Crippen molar-refractivity contribution in [1.82, 2.24) is 27.8 Å². The van der Waals surface area contributed by atoms with Gasteiger partial charge in [0.05, 0.1) is 29.1 Å². The summed E-state index contributed by atoms with van der Waals surface area (Å²) in [6.07, 6.45) is 1.53. The van der Waals surface area contributed by atoms with Crippen LogP contribution in [0.5, 0.6) is 0 Å². The van der Waals surface area contributed by atoms with Gasteiger partial charge in [-0.15, -0.1) is 0 Å². The number of rotatable bonds is 4. The molecule has 1 fully saturated rings. The number of imidazole rings is 1. The van der Waals surface area contributed by atoms with Gasteiger partial charge < -0.3 is 9.80 Å². The van der Waals surface area contributed by atoms with Crippen molar-refractivity contribution in [3.05, 3.63) is 58.8 Å². The van der Waals surface area contributed by atoms with E-state index in [1.165, 1.54) is 6.20 Å². The van der Waals surface area contributed by atoms with E-state index >= 15 is 0 Å². The van der Waals surface area contributed by atoms with Gasteiger partial charge in [0.2, 0.25) is 0 Å². The number of aryl methyl sites for hydroxylation is 1. The highest BCUT2D eigenvalue weighted by Gasteiger charge is 2.24. The maximum absolute atomic E-state index is 12.9. The van der Waals surface area contributed by atoms with Crippen LogP contribution in [0.15, 0.2) is 47.4 Å². The van der Waals surface area contributed by atoms with E-state index in [1.807, 2.05) is 33.7 Å². The normalized spacial score (nSPS) is 14.6. The van der Waals surface area contributed by atoms with E-state index < -0.39 is 0 Å². The first-order valence-electron chi connectivity index (χ1n) is 11.7. The molecule has 4 aromatic rings. The molecule has 1 aromatic carbocycles. The molecule has 0 N–H and O–H groups in total. The minimum Gasteiger partial charge on any atom is -0.368 e. The second-order valence-corrected chi connectivity index (χ2v) is 10.7. The predicted molar refractivity (Wildman–Crippen MR) is 138 cm³/mol. The number of carbonyl (C=O) groups excluding carboxylic acids is 1. The standard InChI is InChI=1S/C25H29N7O2S/c1-25(2,3)16-32-21-9-8-19(27-22(21)29(4)24(32)34)17-6-5-7-18(14-17)30-10-12-31(13-11-30)23(33)20-15-26-35-28-20/h5-9,14-15H,10-13,16H2,1-4H3. The first-order valence-corrected chi connectivity index (χ1v) is 12.4. The highest BCUT2D eigenvalue weighted by Crippen LogP contribution is 2.27. The van der Waals surface area contributed by atoms with Gasteiger partial charge in [-0.3, -0.25) is 13.9 Å². The van der Waals surface area contributed by atoms with Gasteiger partial charge in [0.25, 0.3) is 5.91 Å². The number of hydrogen-bond acceptors (Lipinski definition) is 7. The topological polar surface area (TPSA) is 89.2 Å². The Bertz CT molecular complexity index is 1420. The van der Waals surface area contributed by atoms with Crippen LogP contribution in [-0.2, 0) is 13.6 Å².